The number of hydrogen-bond acceptors (Lipinski definition) is 2. The van der Waals surface area contributed by atoms with Crippen molar-refractivity contribution in [1.82, 2.24) is 4.57 Å². The Morgan fingerprint density at radius 3 is 2.56 bits per heavy atom. The second-order valence-electron chi connectivity index (χ2n) is 3.86. The van der Waals surface area contributed by atoms with Crippen LogP contribution in [0.5, 0.6) is 0 Å². The maximum Gasteiger partial charge on any atom is 0.250 e. The molecule has 0 radical (unpaired) electrons. The molecule has 0 atom stereocenters. The van der Waals surface area contributed by atoms with Gasteiger partial charge < -0.3 is 4.57 Å². The molecule has 4 heteroatoms. The van der Waals surface area contributed by atoms with Gasteiger partial charge in [0.15, 0.2) is 0 Å². The Bertz CT molecular complexity index is 550. The number of alkyl halides is 1. The molecular formula is C14H14ClNOS. The number of thioether (sulfide) groups is 1. The summed E-state index contributed by atoms with van der Waals surface area (Å²) in [6.07, 6.45) is 1.82. The first kappa shape index (κ1) is 13.2. The molecule has 0 spiro atoms. The number of aryl methyl sites for hydroxylation is 1. The number of nitrogens with zero attached hydrogens (tertiary/aromatic N) is 1. The number of aromatic nitrogens is 1. The smallest absolute Gasteiger partial charge is 0.250 e. The van der Waals surface area contributed by atoms with Gasteiger partial charge in [-0.25, -0.2) is 0 Å². The van der Waals surface area contributed by atoms with Crippen LogP contribution in [0.3, 0.4) is 0 Å². The summed E-state index contributed by atoms with van der Waals surface area (Å²) < 4.78 is 1.72. The third kappa shape index (κ3) is 3.65. The number of rotatable bonds is 5. The van der Waals surface area contributed by atoms with Crippen LogP contribution in [0.4, 0.5) is 0 Å². The lowest BCUT2D eigenvalue weighted by atomic mass is 10.2. The van der Waals surface area contributed by atoms with Crippen molar-refractivity contribution < 1.29 is 0 Å². The van der Waals surface area contributed by atoms with Gasteiger partial charge in [0.25, 0.3) is 5.56 Å². The van der Waals surface area contributed by atoms with Crippen molar-refractivity contribution >= 4 is 23.4 Å². The van der Waals surface area contributed by atoms with Crippen LogP contribution in [-0.4, -0.2) is 10.3 Å². The van der Waals surface area contributed by atoms with Gasteiger partial charge in [0.1, 0.15) is 0 Å². The zero-order chi connectivity index (χ0) is 12.8. The normalized spacial score (nSPS) is 10.5. The molecule has 2 rings (SSSR count). The molecular weight excluding hydrogens is 266 g/mol. The highest BCUT2D eigenvalue weighted by Crippen LogP contribution is 2.19. The lowest BCUT2D eigenvalue weighted by molar-refractivity contribution is 0.735. The van der Waals surface area contributed by atoms with Crippen molar-refractivity contribution in [3.63, 3.8) is 0 Å². The topological polar surface area (TPSA) is 22.0 Å². The number of hydrogen-bond donors (Lipinski definition) is 0. The number of halogens is 1. The Morgan fingerprint density at radius 1 is 1.11 bits per heavy atom. The van der Waals surface area contributed by atoms with E-state index in [9.17, 15) is 4.79 Å². The maximum atomic E-state index is 11.5. The largest absolute Gasteiger partial charge is 0.315 e. The molecule has 2 nitrogen and oxygen atoms in total. The van der Waals surface area contributed by atoms with E-state index in [1.807, 2.05) is 24.4 Å². The fourth-order valence-corrected chi connectivity index (χ4v) is 2.61. The molecule has 0 saturated carbocycles. The predicted molar refractivity (Wildman–Crippen MR) is 77.4 cm³/mol. The van der Waals surface area contributed by atoms with Crippen LogP contribution in [-0.2, 0) is 12.4 Å². The Hall–Kier alpha value is -1.19. The van der Waals surface area contributed by atoms with E-state index in [2.05, 4.69) is 12.1 Å². The average molecular weight is 280 g/mol. The van der Waals surface area contributed by atoms with Crippen molar-refractivity contribution in [3.8, 4) is 0 Å². The molecule has 0 N–H and O–H groups in total. The highest BCUT2D eigenvalue weighted by atomic mass is 35.5. The molecule has 1 heterocycles. The highest BCUT2D eigenvalue weighted by molar-refractivity contribution is 7.99. The van der Waals surface area contributed by atoms with Crippen LogP contribution in [0.15, 0.2) is 58.4 Å². The fraction of sp³-hybridized carbons (Fsp3) is 0.214. The van der Waals surface area contributed by atoms with Crippen LogP contribution in [0.25, 0.3) is 0 Å². The highest BCUT2D eigenvalue weighted by Gasteiger charge is 1.97. The Labute approximate surface area is 116 Å². The maximum absolute atomic E-state index is 11.5. The molecule has 0 bridgehead atoms. The molecule has 1 aromatic carbocycles. The van der Waals surface area contributed by atoms with Crippen molar-refractivity contribution in [1.29, 1.82) is 0 Å². The Balaban J connectivity index is 1.88. The van der Waals surface area contributed by atoms with Gasteiger partial charge >= 0.3 is 0 Å². The number of pyridine rings is 1. The first-order chi connectivity index (χ1) is 8.79. The third-order valence-corrected chi connectivity index (χ3v) is 3.88. The van der Waals surface area contributed by atoms with Crippen LogP contribution >= 0.6 is 23.4 Å². The van der Waals surface area contributed by atoms with Crippen molar-refractivity contribution in [2.75, 3.05) is 5.75 Å². The first-order valence-electron chi connectivity index (χ1n) is 5.73. The van der Waals surface area contributed by atoms with Gasteiger partial charge in [0.05, 0.1) is 0 Å². The minimum Gasteiger partial charge on any atom is -0.315 e. The third-order valence-electron chi connectivity index (χ3n) is 2.58. The van der Waals surface area contributed by atoms with Crippen LogP contribution in [0.2, 0.25) is 0 Å². The van der Waals surface area contributed by atoms with Gasteiger partial charge in [0.2, 0.25) is 0 Å². The lowest BCUT2D eigenvalue weighted by Crippen LogP contribution is -2.18. The summed E-state index contributed by atoms with van der Waals surface area (Å²) in [4.78, 5) is 12.7. The van der Waals surface area contributed by atoms with Gasteiger partial charge in [0, 0.05) is 35.3 Å². The van der Waals surface area contributed by atoms with Gasteiger partial charge in [-0.15, -0.1) is 23.4 Å². The van der Waals surface area contributed by atoms with E-state index in [1.54, 1.807) is 28.5 Å². The van der Waals surface area contributed by atoms with Crippen LogP contribution in [0.1, 0.15) is 5.56 Å². The molecule has 0 aliphatic heterocycles. The van der Waals surface area contributed by atoms with Crippen molar-refractivity contribution in [2.45, 2.75) is 17.3 Å². The summed E-state index contributed by atoms with van der Waals surface area (Å²) in [6, 6.07) is 13.4. The van der Waals surface area contributed by atoms with E-state index in [0.29, 0.717) is 5.88 Å². The fourth-order valence-electron chi connectivity index (χ4n) is 1.58. The molecule has 94 valence electrons. The lowest BCUT2D eigenvalue weighted by Gasteiger charge is -2.05. The number of benzene rings is 1. The first-order valence-corrected chi connectivity index (χ1v) is 7.25. The van der Waals surface area contributed by atoms with E-state index in [4.69, 9.17) is 11.6 Å². The molecule has 0 aliphatic carbocycles. The van der Waals surface area contributed by atoms with E-state index < -0.39 is 0 Å². The standard InChI is InChI=1S/C14H14ClNOS/c15-11-12-4-6-13(7-5-12)18-10-9-16-8-2-1-3-14(16)17/h1-8H,9-11H2. The molecule has 1 aromatic heterocycles. The van der Waals surface area contributed by atoms with Gasteiger partial charge in [-0.2, -0.15) is 0 Å². The van der Waals surface area contributed by atoms with Crippen molar-refractivity contribution in [2.24, 2.45) is 0 Å². The molecule has 2 aromatic rings. The molecule has 18 heavy (non-hydrogen) atoms. The summed E-state index contributed by atoms with van der Waals surface area (Å²) in [5.41, 5.74) is 1.18. The second kappa shape index (κ2) is 6.66. The van der Waals surface area contributed by atoms with E-state index in [0.717, 1.165) is 17.9 Å². The SMILES string of the molecule is O=c1ccccn1CCSc1ccc(CCl)cc1. The van der Waals surface area contributed by atoms with Crippen LogP contribution in [0, 0.1) is 0 Å². The van der Waals surface area contributed by atoms with Gasteiger partial charge in [-0.1, -0.05) is 18.2 Å². The monoisotopic (exact) mass is 279 g/mol. The van der Waals surface area contributed by atoms with Crippen LogP contribution < -0.4 is 5.56 Å². The van der Waals surface area contributed by atoms with E-state index in [-0.39, 0.29) is 5.56 Å². The molecule has 0 fully saturated rings. The van der Waals surface area contributed by atoms with Crippen molar-refractivity contribution in [3.05, 3.63) is 64.6 Å². The summed E-state index contributed by atoms with van der Waals surface area (Å²) in [5.74, 6) is 1.43. The zero-order valence-electron chi connectivity index (χ0n) is 9.88. The quantitative estimate of drug-likeness (QED) is 0.618. The zero-order valence-corrected chi connectivity index (χ0v) is 11.5. The van der Waals surface area contributed by atoms with Gasteiger partial charge in [-0.05, 0) is 23.8 Å². The molecule has 0 aliphatic rings. The van der Waals surface area contributed by atoms with Gasteiger partial charge in [-0.3, -0.25) is 4.79 Å². The summed E-state index contributed by atoms with van der Waals surface area (Å²) >= 11 is 7.48. The Kier molecular flexibility index (Phi) is 4.90. The molecule has 0 saturated heterocycles. The molecule has 0 amide bonds. The minimum absolute atomic E-state index is 0.0515. The van der Waals surface area contributed by atoms with E-state index >= 15 is 0 Å². The summed E-state index contributed by atoms with van der Waals surface area (Å²) in [5, 5.41) is 0. The minimum atomic E-state index is 0.0515. The predicted octanol–water partition coefficient (Wildman–Crippen LogP) is 3.38. The molecule has 0 unspecified atom stereocenters. The van der Waals surface area contributed by atoms with E-state index in [1.165, 1.54) is 4.90 Å². The second-order valence-corrected chi connectivity index (χ2v) is 5.29. The summed E-state index contributed by atoms with van der Waals surface area (Å²) in [6.45, 7) is 0.724. The average Bonchev–Trinajstić information content (AvgIpc) is 2.42. The Morgan fingerprint density at radius 2 is 1.89 bits per heavy atom. The summed E-state index contributed by atoms with van der Waals surface area (Å²) in [7, 11) is 0.